The number of benzene rings is 3. The minimum absolute atomic E-state index is 0.121. The molecule has 0 bridgehead atoms. The van der Waals surface area contributed by atoms with Crippen molar-refractivity contribution in [2.45, 2.75) is 26.3 Å². The molecule has 1 amide bonds. The van der Waals surface area contributed by atoms with Crippen LogP contribution in [-0.4, -0.2) is 23.8 Å². The number of aromatic hydroxyl groups is 1. The minimum Gasteiger partial charge on any atom is -0.508 e. The highest BCUT2D eigenvalue weighted by Gasteiger charge is 2.07. The molecule has 30 heavy (non-hydrogen) atoms. The molecule has 0 aliphatic heterocycles. The van der Waals surface area contributed by atoms with E-state index in [-0.39, 0.29) is 11.7 Å². The number of anilines is 1. The van der Waals surface area contributed by atoms with Gasteiger partial charge in [-0.15, -0.1) is 0 Å². The first-order valence-corrected chi connectivity index (χ1v) is 10.2. The molecule has 0 spiro atoms. The molecule has 0 aliphatic rings. The van der Waals surface area contributed by atoms with Crippen molar-refractivity contribution in [3.63, 3.8) is 0 Å². The van der Waals surface area contributed by atoms with E-state index in [1.54, 1.807) is 18.3 Å². The summed E-state index contributed by atoms with van der Waals surface area (Å²) in [5.74, 6) is -0.202. The first-order chi connectivity index (χ1) is 14.7. The third-order valence-corrected chi connectivity index (χ3v) is 4.77. The van der Waals surface area contributed by atoms with E-state index in [1.807, 2.05) is 18.2 Å². The van der Waals surface area contributed by atoms with Crippen LogP contribution >= 0.6 is 0 Å². The highest BCUT2D eigenvalue weighted by molar-refractivity contribution is 5.95. The SMILES string of the molecule is CCCCN(Cc1ccccc1)c1ccc(/C=N/NC(=O)c2ccc(O)cc2)cc1. The Morgan fingerprint density at radius 1 is 1.00 bits per heavy atom. The number of hydrogen-bond donors (Lipinski definition) is 2. The van der Waals surface area contributed by atoms with Gasteiger partial charge >= 0.3 is 0 Å². The van der Waals surface area contributed by atoms with Crippen molar-refractivity contribution < 1.29 is 9.90 Å². The van der Waals surface area contributed by atoms with E-state index < -0.39 is 0 Å². The number of carbonyl (C=O) groups is 1. The van der Waals surface area contributed by atoms with Crippen LogP contribution in [0.2, 0.25) is 0 Å². The van der Waals surface area contributed by atoms with E-state index in [0.29, 0.717) is 5.56 Å². The normalized spacial score (nSPS) is 10.8. The topological polar surface area (TPSA) is 64.9 Å². The monoisotopic (exact) mass is 401 g/mol. The molecule has 5 nitrogen and oxygen atoms in total. The second-order valence-corrected chi connectivity index (χ2v) is 7.10. The fourth-order valence-corrected chi connectivity index (χ4v) is 3.07. The second kappa shape index (κ2) is 10.8. The van der Waals surface area contributed by atoms with Crippen LogP contribution in [0.5, 0.6) is 5.75 Å². The molecule has 3 aromatic carbocycles. The molecule has 0 heterocycles. The van der Waals surface area contributed by atoms with Crippen molar-refractivity contribution in [1.29, 1.82) is 0 Å². The molecule has 154 valence electrons. The summed E-state index contributed by atoms with van der Waals surface area (Å²) in [5.41, 5.74) is 6.30. The molecule has 5 heteroatoms. The Labute approximate surface area is 177 Å². The first kappa shape index (κ1) is 21.1. The van der Waals surface area contributed by atoms with Crippen LogP contribution in [0.15, 0.2) is 84.0 Å². The number of carbonyl (C=O) groups excluding carboxylic acids is 1. The average molecular weight is 402 g/mol. The van der Waals surface area contributed by atoms with Gasteiger partial charge in [0, 0.05) is 24.3 Å². The van der Waals surface area contributed by atoms with Crippen molar-refractivity contribution >= 4 is 17.8 Å². The number of rotatable bonds is 9. The highest BCUT2D eigenvalue weighted by atomic mass is 16.3. The van der Waals surface area contributed by atoms with Crippen molar-refractivity contribution in [2.75, 3.05) is 11.4 Å². The molecule has 0 fully saturated rings. The zero-order valence-electron chi connectivity index (χ0n) is 17.2. The van der Waals surface area contributed by atoms with Gasteiger partial charge in [0.1, 0.15) is 5.75 Å². The van der Waals surface area contributed by atoms with Crippen molar-refractivity contribution in [3.05, 3.63) is 95.6 Å². The number of phenolic OH excluding ortho intramolecular Hbond substituents is 1. The third-order valence-electron chi connectivity index (χ3n) is 4.77. The van der Waals surface area contributed by atoms with E-state index in [9.17, 15) is 9.90 Å². The lowest BCUT2D eigenvalue weighted by molar-refractivity contribution is 0.0955. The number of phenols is 1. The molecule has 2 N–H and O–H groups in total. The summed E-state index contributed by atoms with van der Waals surface area (Å²) in [6.45, 7) is 4.07. The summed E-state index contributed by atoms with van der Waals surface area (Å²) in [4.78, 5) is 14.4. The predicted molar refractivity (Wildman–Crippen MR) is 122 cm³/mol. The maximum Gasteiger partial charge on any atom is 0.271 e. The molecule has 0 atom stereocenters. The molecule has 0 unspecified atom stereocenters. The zero-order chi connectivity index (χ0) is 21.2. The predicted octanol–water partition coefficient (Wildman–Crippen LogP) is 4.96. The molecule has 0 aromatic heterocycles. The Bertz CT molecular complexity index is 952. The lowest BCUT2D eigenvalue weighted by atomic mass is 10.1. The highest BCUT2D eigenvalue weighted by Crippen LogP contribution is 2.19. The van der Waals surface area contributed by atoms with Gasteiger partial charge in [-0.1, -0.05) is 55.8 Å². The lowest BCUT2D eigenvalue weighted by Gasteiger charge is -2.25. The third kappa shape index (κ3) is 6.21. The maximum absolute atomic E-state index is 12.1. The smallest absolute Gasteiger partial charge is 0.271 e. The van der Waals surface area contributed by atoms with Crippen molar-refractivity contribution in [1.82, 2.24) is 5.43 Å². The van der Waals surface area contributed by atoms with E-state index in [4.69, 9.17) is 0 Å². The largest absolute Gasteiger partial charge is 0.508 e. The van der Waals surface area contributed by atoms with Gasteiger partial charge in [-0.3, -0.25) is 4.79 Å². The number of amides is 1. The van der Waals surface area contributed by atoms with Crippen LogP contribution in [0.3, 0.4) is 0 Å². The Kier molecular flexibility index (Phi) is 7.61. The average Bonchev–Trinajstić information content (AvgIpc) is 2.78. The zero-order valence-corrected chi connectivity index (χ0v) is 17.2. The van der Waals surface area contributed by atoms with Crippen molar-refractivity contribution in [2.24, 2.45) is 5.10 Å². The Morgan fingerprint density at radius 3 is 2.37 bits per heavy atom. The Hall–Kier alpha value is -3.60. The number of nitrogens with zero attached hydrogens (tertiary/aromatic N) is 2. The number of nitrogens with one attached hydrogen (secondary N) is 1. The standard InChI is InChI=1S/C25H27N3O2/c1-2-3-17-28(19-21-7-5-4-6-8-21)23-13-9-20(10-14-23)18-26-27-25(30)22-11-15-24(29)16-12-22/h4-16,18,29H,2-3,17,19H2,1H3,(H,27,30)/b26-18+. The van der Waals surface area contributed by atoms with Gasteiger partial charge in [0.2, 0.25) is 0 Å². The minimum atomic E-state index is -0.323. The van der Waals surface area contributed by atoms with E-state index >= 15 is 0 Å². The van der Waals surface area contributed by atoms with Gasteiger partial charge in [0.05, 0.1) is 6.21 Å². The fourth-order valence-electron chi connectivity index (χ4n) is 3.07. The molecule has 3 aromatic rings. The van der Waals surface area contributed by atoms with Crippen LogP contribution < -0.4 is 10.3 Å². The summed E-state index contributed by atoms with van der Waals surface area (Å²) < 4.78 is 0. The summed E-state index contributed by atoms with van der Waals surface area (Å²) >= 11 is 0. The van der Waals surface area contributed by atoms with E-state index in [0.717, 1.165) is 37.2 Å². The van der Waals surface area contributed by atoms with Crippen LogP contribution in [-0.2, 0) is 6.54 Å². The fraction of sp³-hybridized carbons (Fsp3) is 0.200. The summed E-state index contributed by atoms with van der Waals surface area (Å²) in [5, 5.41) is 13.3. The summed E-state index contributed by atoms with van der Waals surface area (Å²) in [6.07, 6.45) is 3.91. The second-order valence-electron chi connectivity index (χ2n) is 7.10. The number of unbranched alkanes of at least 4 members (excludes halogenated alkanes) is 1. The van der Waals surface area contributed by atoms with Gasteiger partial charge in [-0.25, -0.2) is 5.43 Å². The quantitative estimate of drug-likeness (QED) is 0.393. The van der Waals surface area contributed by atoms with Gasteiger partial charge < -0.3 is 10.0 Å². The lowest BCUT2D eigenvalue weighted by Crippen LogP contribution is -2.23. The summed E-state index contributed by atoms with van der Waals surface area (Å²) in [6, 6.07) is 24.7. The molecular formula is C25H27N3O2. The molecule has 3 rings (SSSR count). The van der Waals surface area contributed by atoms with E-state index in [1.165, 1.54) is 17.7 Å². The van der Waals surface area contributed by atoms with Gasteiger partial charge in [0.15, 0.2) is 0 Å². The Morgan fingerprint density at radius 2 is 1.70 bits per heavy atom. The van der Waals surface area contributed by atoms with Crippen LogP contribution in [0.4, 0.5) is 5.69 Å². The van der Waals surface area contributed by atoms with Crippen LogP contribution in [0.25, 0.3) is 0 Å². The van der Waals surface area contributed by atoms with Crippen LogP contribution in [0, 0.1) is 0 Å². The first-order valence-electron chi connectivity index (χ1n) is 10.2. The van der Waals surface area contributed by atoms with E-state index in [2.05, 4.69) is 58.7 Å². The molecule has 0 saturated carbocycles. The van der Waals surface area contributed by atoms with Gasteiger partial charge in [0.25, 0.3) is 5.91 Å². The van der Waals surface area contributed by atoms with Crippen molar-refractivity contribution in [3.8, 4) is 5.75 Å². The number of hydrazone groups is 1. The molecule has 0 aliphatic carbocycles. The molecular weight excluding hydrogens is 374 g/mol. The molecule has 0 radical (unpaired) electrons. The Balaban J connectivity index is 1.62. The maximum atomic E-state index is 12.1. The number of hydrogen-bond acceptors (Lipinski definition) is 4. The van der Waals surface area contributed by atoms with Gasteiger partial charge in [-0.05, 0) is 53.9 Å². The van der Waals surface area contributed by atoms with Crippen LogP contribution in [0.1, 0.15) is 41.3 Å². The summed E-state index contributed by atoms with van der Waals surface area (Å²) in [7, 11) is 0. The van der Waals surface area contributed by atoms with Gasteiger partial charge in [-0.2, -0.15) is 5.10 Å². The molecule has 0 saturated heterocycles.